The van der Waals surface area contributed by atoms with Crippen molar-refractivity contribution in [2.24, 2.45) is 17.6 Å². The number of carbonyl (C=O) groups excluding carboxylic acids is 1. The first-order valence-electron chi connectivity index (χ1n) is 6.47. The van der Waals surface area contributed by atoms with Gasteiger partial charge < -0.3 is 16.4 Å². The molecule has 0 fully saturated rings. The molecule has 0 aromatic rings. The lowest BCUT2D eigenvalue weighted by atomic mass is 9.80. The highest BCUT2D eigenvalue weighted by molar-refractivity contribution is 5.85. The zero-order valence-electron chi connectivity index (χ0n) is 12.4. The highest BCUT2D eigenvalue weighted by Gasteiger charge is 2.36. The van der Waals surface area contributed by atoms with Gasteiger partial charge in [0.05, 0.1) is 5.92 Å². The molecule has 0 aliphatic heterocycles. The van der Waals surface area contributed by atoms with Crippen LogP contribution in [0, 0.1) is 17.2 Å². The molecule has 1 atom stereocenters. The Kier molecular flexibility index (Phi) is 6.32. The summed E-state index contributed by atoms with van der Waals surface area (Å²) in [7, 11) is 0. The van der Waals surface area contributed by atoms with Crippen molar-refractivity contribution < 1.29 is 4.79 Å². The quantitative estimate of drug-likeness (QED) is 0.405. The van der Waals surface area contributed by atoms with Crippen LogP contribution in [0.5, 0.6) is 0 Å². The van der Waals surface area contributed by atoms with Crippen LogP contribution in [0.25, 0.3) is 0 Å². The van der Waals surface area contributed by atoms with Gasteiger partial charge in [-0.3, -0.25) is 10.2 Å². The fourth-order valence-electron chi connectivity index (χ4n) is 2.17. The molecule has 0 heterocycles. The van der Waals surface area contributed by atoms with Crippen molar-refractivity contribution in [3.63, 3.8) is 0 Å². The summed E-state index contributed by atoms with van der Waals surface area (Å²) in [5.74, 6) is -0.167. The second-order valence-electron chi connectivity index (χ2n) is 5.92. The first-order valence-corrected chi connectivity index (χ1v) is 6.47. The van der Waals surface area contributed by atoms with E-state index < -0.39 is 0 Å². The fourth-order valence-corrected chi connectivity index (χ4v) is 2.17. The van der Waals surface area contributed by atoms with E-state index in [0.29, 0.717) is 12.6 Å². The zero-order chi connectivity index (χ0) is 14.5. The van der Waals surface area contributed by atoms with Crippen LogP contribution in [0.2, 0.25) is 0 Å². The van der Waals surface area contributed by atoms with Crippen molar-refractivity contribution in [2.75, 3.05) is 6.54 Å². The van der Waals surface area contributed by atoms with E-state index in [0.717, 1.165) is 0 Å². The molecule has 0 aliphatic carbocycles. The Hall–Kier alpha value is -1.10. The number of carbonyl (C=O) groups is 1. The third-order valence-electron chi connectivity index (χ3n) is 2.94. The predicted octanol–water partition coefficient (Wildman–Crippen LogP) is 1.09. The molecular formula is C13H28N4O. The van der Waals surface area contributed by atoms with Gasteiger partial charge in [0.1, 0.15) is 5.78 Å². The fraction of sp³-hybridized carbons (Fsp3) is 0.846. The van der Waals surface area contributed by atoms with Crippen LogP contribution in [0.15, 0.2) is 0 Å². The molecule has 0 radical (unpaired) electrons. The summed E-state index contributed by atoms with van der Waals surface area (Å²) < 4.78 is 0. The highest BCUT2D eigenvalue weighted by atomic mass is 16.1. The average Bonchev–Trinajstić information content (AvgIpc) is 2.14. The lowest BCUT2D eigenvalue weighted by Crippen LogP contribution is -2.56. The Morgan fingerprint density at radius 3 is 2.11 bits per heavy atom. The average molecular weight is 256 g/mol. The Bertz CT molecular complexity index is 297. The molecule has 0 aromatic heterocycles. The van der Waals surface area contributed by atoms with Crippen LogP contribution in [0.1, 0.15) is 41.5 Å². The molecule has 0 spiro atoms. The monoisotopic (exact) mass is 256 g/mol. The molecule has 5 nitrogen and oxygen atoms in total. The van der Waals surface area contributed by atoms with Crippen molar-refractivity contribution in [1.29, 1.82) is 5.41 Å². The summed E-state index contributed by atoms with van der Waals surface area (Å²) in [6.07, 6.45) is 0. The second kappa shape index (κ2) is 6.73. The molecule has 5 N–H and O–H groups in total. The largest absolute Gasteiger partial charge is 0.370 e. The lowest BCUT2D eigenvalue weighted by Gasteiger charge is -2.37. The third kappa shape index (κ3) is 5.49. The minimum absolute atomic E-state index is 0.0306. The van der Waals surface area contributed by atoms with Crippen molar-refractivity contribution in [1.82, 2.24) is 10.6 Å². The standard InChI is InChI=1S/C13H28N4O/c1-8(2)11(18)10(7-16-12(14)15)13(5,6)17-9(3)4/h8-10,17H,7H2,1-6H3,(H4,14,15,16). The van der Waals surface area contributed by atoms with Crippen molar-refractivity contribution in [3.05, 3.63) is 0 Å². The van der Waals surface area contributed by atoms with E-state index in [1.165, 1.54) is 0 Å². The van der Waals surface area contributed by atoms with Crippen LogP contribution in [0.3, 0.4) is 0 Å². The van der Waals surface area contributed by atoms with E-state index in [1.807, 2.05) is 27.7 Å². The van der Waals surface area contributed by atoms with Crippen LogP contribution in [-0.4, -0.2) is 29.9 Å². The first-order chi connectivity index (χ1) is 8.08. The maximum atomic E-state index is 12.3. The number of Topliss-reactive ketones (excluding diaryl/α,β-unsaturated/α-hetero) is 1. The number of guanidine groups is 1. The van der Waals surface area contributed by atoms with Crippen LogP contribution < -0.4 is 16.4 Å². The predicted molar refractivity (Wildman–Crippen MR) is 75.6 cm³/mol. The summed E-state index contributed by atoms with van der Waals surface area (Å²) in [5.41, 5.74) is 4.97. The minimum atomic E-state index is -0.335. The lowest BCUT2D eigenvalue weighted by molar-refractivity contribution is -0.127. The number of nitrogens with two attached hydrogens (primary N) is 1. The normalized spacial score (nSPS) is 13.8. The summed E-state index contributed by atoms with van der Waals surface area (Å²) in [4.78, 5) is 12.3. The zero-order valence-corrected chi connectivity index (χ0v) is 12.4. The molecule has 5 heteroatoms. The molecule has 0 amide bonds. The van der Waals surface area contributed by atoms with Gasteiger partial charge in [-0.25, -0.2) is 0 Å². The highest BCUT2D eigenvalue weighted by Crippen LogP contribution is 2.21. The molecule has 0 bridgehead atoms. The molecule has 0 saturated heterocycles. The number of hydrogen-bond donors (Lipinski definition) is 4. The summed E-state index contributed by atoms with van der Waals surface area (Å²) >= 11 is 0. The SMILES string of the molecule is CC(C)NC(C)(C)C(CNC(=N)N)C(=O)C(C)C. The molecule has 1 unspecified atom stereocenters. The van der Waals surface area contributed by atoms with Crippen LogP contribution >= 0.6 is 0 Å². The summed E-state index contributed by atoms with van der Waals surface area (Å²) in [5, 5.41) is 13.4. The smallest absolute Gasteiger partial charge is 0.185 e. The van der Waals surface area contributed by atoms with Crippen molar-refractivity contribution in [2.45, 2.75) is 53.1 Å². The van der Waals surface area contributed by atoms with Crippen LogP contribution in [-0.2, 0) is 4.79 Å². The van der Waals surface area contributed by atoms with Gasteiger partial charge in [-0.15, -0.1) is 0 Å². The number of nitrogens with one attached hydrogen (secondary N) is 3. The van der Waals surface area contributed by atoms with Gasteiger partial charge in [0, 0.05) is 24.0 Å². The van der Waals surface area contributed by atoms with E-state index >= 15 is 0 Å². The molecule has 0 aromatic carbocycles. The summed E-state index contributed by atoms with van der Waals surface area (Å²) in [6.45, 7) is 12.3. The Balaban J connectivity index is 4.94. The van der Waals surface area contributed by atoms with Gasteiger partial charge in [-0.05, 0) is 13.8 Å². The maximum Gasteiger partial charge on any atom is 0.185 e. The van der Waals surface area contributed by atoms with Gasteiger partial charge in [0.2, 0.25) is 0 Å². The molecule has 0 saturated carbocycles. The third-order valence-corrected chi connectivity index (χ3v) is 2.94. The molecule has 106 valence electrons. The number of ketones is 1. The second-order valence-corrected chi connectivity index (χ2v) is 5.92. The van der Waals surface area contributed by atoms with Gasteiger partial charge in [0.15, 0.2) is 5.96 Å². The first kappa shape index (κ1) is 16.9. The number of hydrogen-bond acceptors (Lipinski definition) is 3. The van der Waals surface area contributed by atoms with Crippen molar-refractivity contribution >= 4 is 11.7 Å². The molecule has 18 heavy (non-hydrogen) atoms. The topological polar surface area (TPSA) is 91.0 Å². The Labute approximate surface area is 110 Å². The minimum Gasteiger partial charge on any atom is -0.370 e. The van der Waals surface area contributed by atoms with Gasteiger partial charge in [0.25, 0.3) is 0 Å². The van der Waals surface area contributed by atoms with E-state index in [2.05, 4.69) is 24.5 Å². The van der Waals surface area contributed by atoms with Crippen LogP contribution in [0.4, 0.5) is 0 Å². The van der Waals surface area contributed by atoms with E-state index in [1.54, 1.807) is 0 Å². The van der Waals surface area contributed by atoms with E-state index in [4.69, 9.17) is 11.1 Å². The summed E-state index contributed by atoms with van der Waals surface area (Å²) in [6, 6.07) is 0.291. The number of rotatable bonds is 7. The van der Waals surface area contributed by atoms with Gasteiger partial charge in [-0.1, -0.05) is 27.7 Å². The molecule has 0 rings (SSSR count). The van der Waals surface area contributed by atoms with Gasteiger partial charge >= 0.3 is 0 Å². The van der Waals surface area contributed by atoms with E-state index in [-0.39, 0.29) is 29.1 Å². The van der Waals surface area contributed by atoms with E-state index in [9.17, 15) is 4.79 Å². The molecule has 0 aliphatic rings. The maximum absolute atomic E-state index is 12.3. The van der Waals surface area contributed by atoms with Crippen molar-refractivity contribution in [3.8, 4) is 0 Å². The van der Waals surface area contributed by atoms with Gasteiger partial charge in [-0.2, -0.15) is 0 Å². The molecular weight excluding hydrogens is 228 g/mol. The Morgan fingerprint density at radius 2 is 1.78 bits per heavy atom. The Morgan fingerprint density at radius 1 is 1.28 bits per heavy atom.